The lowest BCUT2D eigenvalue weighted by Gasteiger charge is -2.20. The zero-order valence-corrected chi connectivity index (χ0v) is 7.52. The lowest BCUT2D eigenvalue weighted by atomic mass is 10.0. The summed E-state index contributed by atoms with van der Waals surface area (Å²) in [6, 6.07) is 2.15. The van der Waals surface area contributed by atoms with E-state index < -0.39 is 5.54 Å². The van der Waals surface area contributed by atoms with Gasteiger partial charge in [0, 0.05) is 0 Å². The van der Waals surface area contributed by atoms with Crippen LogP contribution >= 0.6 is 11.6 Å². The largest absolute Gasteiger partial charge is 0.337 e. The van der Waals surface area contributed by atoms with E-state index in [1.54, 1.807) is 0 Å². The highest BCUT2D eigenvalue weighted by Gasteiger charge is 2.34. The normalized spacial score (nSPS) is 20.0. The molecule has 12 heavy (non-hydrogen) atoms. The molecule has 0 atom stereocenters. The minimum atomic E-state index is -0.619. The highest BCUT2D eigenvalue weighted by atomic mass is 35.5. The maximum Gasteiger partial charge on any atom is 0.236 e. The van der Waals surface area contributed by atoms with Crippen LogP contribution in [0.2, 0.25) is 0 Å². The lowest BCUT2D eigenvalue weighted by Crippen LogP contribution is -2.45. The second kappa shape index (κ2) is 3.77. The third-order valence-electron chi connectivity index (χ3n) is 2.17. The number of hydrogen-bond donors (Lipinski definition) is 1. The summed E-state index contributed by atoms with van der Waals surface area (Å²) in [5.41, 5.74) is -0.619. The van der Waals surface area contributed by atoms with Crippen LogP contribution in [0.15, 0.2) is 0 Å². The van der Waals surface area contributed by atoms with Crippen LogP contribution in [0.3, 0.4) is 0 Å². The summed E-state index contributed by atoms with van der Waals surface area (Å²) in [6.45, 7) is 0. The lowest BCUT2D eigenvalue weighted by molar-refractivity contribution is -0.119. The number of amides is 1. The zero-order valence-electron chi connectivity index (χ0n) is 6.77. The van der Waals surface area contributed by atoms with Crippen molar-refractivity contribution in [3.05, 3.63) is 0 Å². The summed E-state index contributed by atoms with van der Waals surface area (Å²) in [5.74, 6) is -0.316. The number of alkyl halides is 1. The fraction of sp³-hybridized carbons (Fsp3) is 0.750. The van der Waals surface area contributed by atoms with E-state index in [0.717, 1.165) is 25.7 Å². The Morgan fingerprint density at radius 2 is 2.17 bits per heavy atom. The number of halogens is 1. The van der Waals surface area contributed by atoms with Gasteiger partial charge in [-0.3, -0.25) is 4.79 Å². The SMILES string of the molecule is N#CC1(NC(=O)CCl)CCCC1. The smallest absolute Gasteiger partial charge is 0.236 e. The number of carbonyl (C=O) groups is 1. The van der Waals surface area contributed by atoms with E-state index in [2.05, 4.69) is 11.4 Å². The summed E-state index contributed by atoms with van der Waals surface area (Å²) in [7, 11) is 0. The average Bonchev–Trinajstić information content (AvgIpc) is 2.54. The summed E-state index contributed by atoms with van der Waals surface area (Å²) >= 11 is 5.33. The Morgan fingerprint density at radius 1 is 1.58 bits per heavy atom. The first-order chi connectivity index (χ1) is 5.72. The molecule has 1 aliphatic carbocycles. The fourth-order valence-electron chi connectivity index (χ4n) is 1.54. The summed E-state index contributed by atoms with van der Waals surface area (Å²) in [5, 5.41) is 11.5. The number of nitrogens with one attached hydrogen (secondary N) is 1. The van der Waals surface area contributed by atoms with Crippen LogP contribution in [-0.2, 0) is 4.79 Å². The van der Waals surface area contributed by atoms with Crippen molar-refractivity contribution in [2.45, 2.75) is 31.2 Å². The van der Waals surface area contributed by atoms with Crippen LogP contribution < -0.4 is 5.32 Å². The average molecular weight is 187 g/mol. The van der Waals surface area contributed by atoms with E-state index >= 15 is 0 Å². The van der Waals surface area contributed by atoms with Gasteiger partial charge in [-0.2, -0.15) is 5.26 Å². The number of carbonyl (C=O) groups excluding carboxylic acids is 1. The molecule has 0 aliphatic heterocycles. The van der Waals surface area contributed by atoms with E-state index in [9.17, 15) is 4.79 Å². The van der Waals surface area contributed by atoms with Crippen molar-refractivity contribution in [3.63, 3.8) is 0 Å². The Morgan fingerprint density at radius 3 is 2.58 bits per heavy atom. The van der Waals surface area contributed by atoms with E-state index in [1.807, 2.05) is 0 Å². The van der Waals surface area contributed by atoms with E-state index in [4.69, 9.17) is 16.9 Å². The van der Waals surface area contributed by atoms with Crippen molar-refractivity contribution < 1.29 is 4.79 Å². The number of hydrogen-bond acceptors (Lipinski definition) is 2. The van der Waals surface area contributed by atoms with Gasteiger partial charge in [-0.25, -0.2) is 0 Å². The fourth-order valence-corrected chi connectivity index (χ4v) is 1.61. The molecule has 0 unspecified atom stereocenters. The monoisotopic (exact) mass is 186 g/mol. The van der Waals surface area contributed by atoms with Gasteiger partial charge in [0.2, 0.25) is 5.91 Å². The summed E-state index contributed by atoms with van der Waals surface area (Å²) in [4.78, 5) is 10.9. The van der Waals surface area contributed by atoms with Crippen molar-refractivity contribution >= 4 is 17.5 Å². The molecule has 1 N–H and O–H groups in total. The van der Waals surface area contributed by atoms with Crippen molar-refractivity contribution in [2.24, 2.45) is 0 Å². The Balaban J connectivity index is 2.57. The van der Waals surface area contributed by atoms with Crippen molar-refractivity contribution in [2.75, 3.05) is 5.88 Å². The van der Waals surface area contributed by atoms with E-state index in [1.165, 1.54) is 0 Å². The highest BCUT2D eigenvalue weighted by Crippen LogP contribution is 2.28. The molecule has 0 aromatic heterocycles. The molecule has 1 amide bonds. The molecule has 0 spiro atoms. The van der Waals surface area contributed by atoms with Crippen LogP contribution in [0.5, 0.6) is 0 Å². The molecular weight excluding hydrogens is 176 g/mol. The summed E-state index contributed by atoms with van der Waals surface area (Å²) < 4.78 is 0. The van der Waals surface area contributed by atoms with Crippen molar-refractivity contribution in [1.82, 2.24) is 5.32 Å². The number of nitriles is 1. The predicted molar refractivity (Wildman–Crippen MR) is 45.7 cm³/mol. The van der Waals surface area contributed by atoms with Crippen LogP contribution in [0, 0.1) is 11.3 Å². The van der Waals surface area contributed by atoms with Crippen LogP contribution in [0.25, 0.3) is 0 Å². The quantitative estimate of drug-likeness (QED) is 0.659. The molecule has 4 heteroatoms. The molecule has 0 aromatic rings. The molecule has 66 valence electrons. The minimum absolute atomic E-state index is 0.0660. The van der Waals surface area contributed by atoms with Gasteiger partial charge in [0.25, 0.3) is 0 Å². The Hall–Kier alpha value is -0.750. The van der Waals surface area contributed by atoms with Gasteiger partial charge in [-0.15, -0.1) is 11.6 Å². The Kier molecular flexibility index (Phi) is 2.93. The maximum absolute atomic E-state index is 10.9. The first-order valence-electron chi connectivity index (χ1n) is 4.01. The van der Waals surface area contributed by atoms with Gasteiger partial charge in [0.1, 0.15) is 11.4 Å². The van der Waals surface area contributed by atoms with Gasteiger partial charge in [-0.1, -0.05) is 0 Å². The predicted octanol–water partition coefficient (Wildman–Crippen LogP) is 1.18. The molecule has 0 heterocycles. The van der Waals surface area contributed by atoms with Crippen LogP contribution in [-0.4, -0.2) is 17.3 Å². The first-order valence-corrected chi connectivity index (χ1v) is 4.54. The highest BCUT2D eigenvalue weighted by molar-refractivity contribution is 6.27. The zero-order chi connectivity index (χ0) is 9.03. The third-order valence-corrected chi connectivity index (χ3v) is 2.41. The molecule has 0 bridgehead atoms. The second-order valence-corrected chi connectivity index (χ2v) is 3.35. The molecule has 3 nitrogen and oxygen atoms in total. The van der Waals surface area contributed by atoms with E-state index in [0.29, 0.717) is 0 Å². The molecule has 0 aromatic carbocycles. The standard InChI is InChI=1S/C8H11ClN2O/c9-5-7(12)11-8(6-10)3-1-2-4-8/h1-5H2,(H,11,12). The van der Waals surface area contributed by atoms with Crippen LogP contribution in [0.1, 0.15) is 25.7 Å². The van der Waals surface area contributed by atoms with Gasteiger partial charge < -0.3 is 5.32 Å². The van der Waals surface area contributed by atoms with Gasteiger partial charge in [-0.05, 0) is 25.7 Å². The Labute approximate surface area is 76.7 Å². The molecular formula is C8H11ClN2O. The summed E-state index contributed by atoms with van der Waals surface area (Å²) in [6.07, 6.45) is 3.53. The van der Waals surface area contributed by atoms with Gasteiger partial charge >= 0.3 is 0 Å². The molecule has 1 aliphatic rings. The third kappa shape index (κ3) is 1.89. The van der Waals surface area contributed by atoms with Crippen LogP contribution in [0.4, 0.5) is 0 Å². The maximum atomic E-state index is 10.9. The second-order valence-electron chi connectivity index (χ2n) is 3.08. The van der Waals surface area contributed by atoms with Gasteiger partial charge in [0.05, 0.1) is 6.07 Å². The molecule has 0 saturated heterocycles. The Bertz CT molecular complexity index is 216. The number of nitrogens with zero attached hydrogens (tertiary/aromatic N) is 1. The molecule has 0 radical (unpaired) electrons. The molecule has 1 fully saturated rings. The first kappa shape index (κ1) is 9.34. The van der Waals surface area contributed by atoms with Crippen molar-refractivity contribution in [3.8, 4) is 6.07 Å². The number of rotatable bonds is 2. The minimum Gasteiger partial charge on any atom is -0.337 e. The molecule has 1 rings (SSSR count). The van der Waals surface area contributed by atoms with Crippen molar-refractivity contribution in [1.29, 1.82) is 5.26 Å². The van der Waals surface area contributed by atoms with E-state index in [-0.39, 0.29) is 11.8 Å². The molecule has 1 saturated carbocycles. The topological polar surface area (TPSA) is 52.9 Å². The van der Waals surface area contributed by atoms with Gasteiger partial charge in [0.15, 0.2) is 0 Å².